The van der Waals surface area contributed by atoms with Crippen LogP contribution in [0.1, 0.15) is 33.1 Å². The molecule has 1 rings (SSSR count). The number of hydrogen-bond acceptors (Lipinski definition) is 6. The second-order valence-electron chi connectivity index (χ2n) is 4.87. The normalized spacial score (nSPS) is 20.6. The van der Waals surface area contributed by atoms with Crippen molar-refractivity contribution >= 4 is 25.3 Å². The van der Waals surface area contributed by atoms with Crippen molar-refractivity contribution in [2.24, 2.45) is 0 Å². The van der Waals surface area contributed by atoms with E-state index in [1.165, 1.54) is 11.8 Å². The first-order valence-electron chi connectivity index (χ1n) is 7.45. The molecule has 0 bridgehead atoms. The molecule has 0 spiro atoms. The van der Waals surface area contributed by atoms with Crippen LogP contribution < -0.4 is 0 Å². The van der Waals surface area contributed by atoms with E-state index in [2.05, 4.69) is 0 Å². The van der Waals surface area contributed by atoms with E-state index in [9.17, 15) is 14.5 Å². The van der Waals surface area contributed by atoms with E-state index in [4.69, 9.17) is 9.05 Å². The van der Waals surface area contributed by atoms with Crippen molar-refractivity contribution in [1.82, 2.24) is 4.90 Å². The minimum Gasteiger partial charge on any atom is -0.480 e. The van der Waals surface area contributed by atoms with Crippen LogP contribution in [0, 0.1) is 0 Å². The van der Waals surface area contributed by atoms with Gasteiger partial charge in [-0.2, -0.15) is 0 Å². The number of piperidine rings is 1. The number of likely N-dealkylation sites (tertiary alicyclic amines) is 1. The molecule has 0 aromatic carbocycles. The van der Waals surface area contributed by atoms with Crippen LogP contribution in [-0.4, -0.2) is 59.6 Å². The maximum absolute atomic E-state index is 12.3. The average molecular weight is 339 g/mol. The molecule has 6 nitrogen and oxygen atoms in total. The highest BCUT2D eigenvalue weighted by atomic mass is 32.2. The molecule has 0 saturated carbocycles. The summed E-state index contributed by atoms with van der Waals surface area (Å²) in [6.45, 7) is 5.84. The van der Waals surface area contributed by atoms with Crippen molar-refractivity contribution in [2.45, 2.75) is 39.2 Å². The minimum absolute atomic E-state index is 0.320. The van der Waals surface area contributed by atoms with Crippen LogP contribution in [0.2, 0.25) is 0 Å². The van der Waals surface area contributed by atoms with E-state index in [-0.39, 0.29) is 6.04 Å². The Morgan fingerprint density at radius 3 is 2.57 bits per heavy atom. The summed E-state index contributed by atoms with van der Waals surface area (Å²) >= 11 is 1.50. The standard InChI is InChI=1S/C13H26NO5PS/c1-3-18-20(17,19-4-2)11-21-10-9-14-8-6-5-7-12(14)13(15)16/h12H,3-11H2,1-2H3,(H,15,16). The lowest BCUT2D eigenvalue weighted by Gasteiger charge is -2.32. The molecule has 1 atom stereocenters. The lowest BCUT2D eigenvalue weighted by atomic mass is 10.0. The van der Waals surface area contributed by atoms with E-state index < -0.39 is 13.6 Å². The van der Waals surface area contributed by atoms with E-state index in [1.54, 1.807) is 13.8 Å². The number of hydrogen-bond donors (Lipinski definition) is 1. The molecule has 0 aromatic heterocycles. The summed E-state index contributed by atoms with van der Waals surface area (Å²) in [4.78, 5) is 13.2. The molecule has 1 heterocycles. The van der Waals surface area contributed by atoms with E-state index in [1.807, 2.05) is 4.90 Å². The Kier molecular flexibility index (Phi) is 8.90. The van der Waals surface area contributed by atoms with Crippen molar-refractivity contribution in [2.75, 3.05) is 37.6 Å². The van der Waals surface area contributed by atoms with Gasteiger partial charge in [-0.15, -0.1) is 11.8 Å². The first-order chi connectivity index (χ1) is 10.0. The highest BCUT2D eigenvalue weighted by molar-refractivity contribution is 8.04. The van der Waals surface area contributed by atoms with Gasteiger partial charge in [0.05, 0.1) is 18.7 Å². The number of carboxylic acid groups (broad SMARTS) is 1. The lowest BCUT2D eigenvalue weighted by molar-refractivity contribution is -0.144. The quantitative estimate of drug-likeness (QED) is 0.484. The van der Waals surface area contributed by atoms with Crippen LogP contribution in [0.5, 0.6) is 0 Å². The van der Waals surface area contributed by atoms with Gasteiger partial charge in [0.2, 0.25) is 0 Å². The predicted molar refractivity (Wildman–Crippen MR) is 85.0 cm³/mol. The van der Waals surface area contributed by atoms with Crippen LogP contribution in [-0.2, 0) is 18.4 Å². The third-order valence-electron chi connectivity index (χ3n) is 3.32. The smallest absolute Gasteiger partial charge is 0.340 e. The predicted octanol–water partition coefficient (Wildman–Crippen LogP) is 2.88. The molecule has 1 fully saturated rings. The van der Waals surface area contributed by atoms with E-state index in [0.717, 1.165) is 31.6 Å². The molecule has 124 valence electrons. The first kappa shape index (κ1) is 19.0. The maximum atomic E-state index is 12.3. The molecule has 1 aliphatic rings. The average Bonchev–Trinajstić information content (AvgIpc) is 2.44. The molecule has 1 saturated heterocycles. The van der Waals surface area contributed by atoms with Crippen LogP contribution in [0.4, 0.5) is 0 Å². The van der Waals surface area contributed by atoms with Crippen LogP contribution >= 0.6 is 19.4 Å². The number of aliphatic carboxylic acids is 1. The topological polar surface area (TPSA) is 76.1 Å². The SMILES string of the molecule is CCOP(=O)(CSCCN1CCCCC1C(=O)O)OCC. The summed E-state index contributed by atoms with van der Waals surface area (Å²) in [6.07, 6.45) is 2.74. The summed E-state index contributed by atoms with van der Waals surface area (Å²) in [5.41, 5.74) is 0.320. The molecule has 0 aliphatic carbocycles. The zero-order valence-corrected chi connectivity index (χ0v) is 14.5. The summed E-state index contributed by atoms with van der Waals surface area (Å²) in [7, 11) is -3.00. The fraction of sp³-hybridized carbons (Fsp3) is 0.923. The largest absolute Gasteiger partial charge is 0.480 e. The summed E-state index contributed by atoms with van der Waals surface area (Å²) in [6, 6.07) is -0.370. The van der Waals surface area contributed by atoms with Crippen molar-refractivity contribution in [3.05, 3.63) is 0 Å². The van der Waals surface area contributed by atoms with Gasteiger partial charge in [-0.25, -0.2) is 0 Å². The van der Waals surface area contributed by atoms with Crippen LogP contribution in [0.25, 0.3) is 0 Å². The van der Waals surface area contributed by atoms with Gasteiger partial charge in [0.15, 0.2) is 0 Å². The molecular weight excluding hydrogens is 313 g/mol. The first-order valence-corrected chi connectivity index (χ1v) is 10.3. The van der Waals surface area contributed by atoms with Gasteiger partial charge < -0.3 is 14.2 Å². The number of carboxylic acids is 1. The fourth-order valence-corrected chi connectivity index (χ4v) is 5.63. The van der Waals surface area contributed by atoms with Crippen molar-refractivity contribution in [1.29, 1.82) is 0 Å². The third-order valence-corrected chi connectivity index (χ3v) is 7.09. The van der Waals surface area contributed by atoms with E-state index in [0.29, 0.717) is 25.3 Å². The monoisotopic (exact) mass is 339 g/mol. The number of carbonyl (C=O) groups is 1. The Labute approximate surface area is 131 Å². The lowest BCUT2D eigenvalue weighted by Crippen LogP contribution is -2.45. The molecule has 0 radical (unpaired) electrons. The Bertz CT molecular complexity index is 358. The Balaban J connectivity index is 2.34. The number of rotatable bonds is 10. The summed E-state index contributed by atoms with van der Waals surface area (Å²) in [5.74, 6) is -0.0116. The Hall–Kier alpha value is -0.0700. The van der Waals surface area contributed by atoms with Gasteiger partial charge in [-0.1, -0.05) is 6.42 Å². The molecule has 0 aromatic rings. The Morgan fingerprint density at radius 1 is 1.33 bits per heavy atom. The summed E-state index contributed by atoms with van der Waals surface area (Å²) < 4.78 is 22.7. The highest BCUT2D eigenvalue weighted by Crippen LogP contribution is 2.50. The van der Waals surface area contributed by atoms with Crippen LogP contribution in [0.15, 0.2) is 0 Å². The Morgan fingerprint density at radius 2 is 2.00 bits per heavy atom. The fourth-order valence-electron chi connectivity index (χ4n) is 2.40. The molecule has 21 heavy (non-hydrogen) atoms. The number of nitrogens with zero attached hydrogens (tertiary/aromatic N) is 1. The third kappa shape index (κ3) is 6.70. The highest BCUT2D eigenvalue weighted by Gasteiger charge is 2.28. The maximum Gasteiger partial charge on any atom is 0.340 e. The van der Waals surface area contributed by atoms with Gasteiger partial charge in [-0.3, -0.25) is 14.3 Å². The molecule has 1 aliphatic heterocycles. The van der Waals surface area contributed by atoms with Gasteiger partial charge in [0.25, 0.3) is 0 Å². The molecule has 1 N–H and O–H groups in total. The molecular formula is C13H26NO5PS. The van der Waals surface area contributed by atoms with Gasteiger partial charge in [-0.05, 0) is 33.2 Å². The second-order valence-corrected chi connectivity index (χ2v) is 8.46. The zero-order chi connectivity index (χ0) is 15.7. The van der Waals surface area contributed by atoms with Crippen molar-refractivity contribution < 1.29 is 23.5 Å². The van der Waals surface area contributed by atoms with Crippen LogP contribution in [0.3, 0.4) is 0 Å². The van der Waals surface area contributed by atoms with Gasteiger partial charge in [0.1, 0.15) is 6.04 Å². The summed E-state index contributed by atoms with van der Waals surface area (Å²) in [5, 5.41) is 9.20. The number of thioether (sulfide) groups is 1. The van der Waals surface area contributed by atoms with Gasteiger partial charge in [0, 0.05) is 12.3 Å². The second kappa shape index (κ2) is 9.85. The minimum atomic E-state index is -3.00. The van der Waals surface area contributed by atoms with Crippen molar-refractivity contribution in [3.63, 3.8) is 0 Å². The zero-order valence-electron chi connectivity index (χ0n) is 12.8. The molecule has 1 unspecified atom stereocenters. The van der Waals surface area contributed by atoms with E-state index >= 15 is 0 Å². The molecule has 0 amide bonds. The molecule has 8 heteroatoms. The van der Waals surface area contributed by atoms with Crippen molar-refractivity contribution in [3.8, 4) is 0 Å². The van der Waals surface area contributed by atoms with Gasteiger partial charge >= 0.3 is 13.6 Å².